The number of hydrogen-bond acceptors (Lipinski definition) is 10. The molecule has 0 aliphatic carbocycles. The minimum absolute atomic E-state index is 0.0686. The smallest absolute Gasteiger partial charge is 0.251 e. The first kappa shape index (κ1) is 38.9. The number of nitrogens with zero attached hydrogens (tertiary/aromatic N) is 3. The maximum atomic E-state index is 14.9. The van der Waals surface area contributed by atoms with E-state index in [9.17, 15) is 23.1 Å². The number of carbonyl (C=O) groups excluding carboxylic acids is 2. The molecule has 4 unspecified atom stereocenters. The van der Waals surface area contributed by atoms with Crippen LogP contribution in [0, 0.1) is 5.92 Å². The average molecular weight is 804 g/mol. The highest BCUT2D eigenvalue weighted by atomic mass is 32.2. The Morgan fingerprint density at radius 2 is 1.68 bits per heavy atom. The van der Waals surface area contributed by atoms with Gasteiger partial charge in [-0.25, -0.2) is 13.4 Å². The van der Waals surface area contributed by atoms with Crippen molar-refractivity contribution in [3.05, 3.63) is 155 Å². The van der Waals surface area contributed by atoms with Gasteiger partial charge in [-0.3, -0.25) is 14.6 Å². The van der Waals surface area contributed by atoms with E-state index in [2.05, 4.69) is 20.6 Å². The second-order valence-electron chi connectivity index (χ2n) is 13.7. The first-order chi connectivity index (χ1) is 27.1. The van der Waals surface area contributed by atoms with E-state index in [1.165, 1.54) is 22.7 Å². The number of benzene rings is 4. The SMILES string of the molecule is CC(CNC(CO)c1ccc(N(C)C(=O)C(NC(=O)c2ccccc2)C(c2ccccc2)c2cccc3ccncc23)s1)CS(=O)(=O)c1ccc2ncsc2c1. The van der Waals surface area contributed by atoms with Gasteiger partial charge in [-0.15, -0.1) is 22.7 Å². The highest BCUT2D eigenvalue weighted by Gasteiger charge is 2.36. The third-order valence-electron chi connectivity index (χ3n) is 9.81. The number of nitrogens with one attached hydrogen (secondary N) is 2. The molecular formula is C43H41N5O5S3. The lowest BCUT2D eigenvalue weighted by molar-refractivity contribution is -0.120. The molecule has 4 atom stereocenters. The van der Waals surface area contributed by atoms with Gasteiger partial charge >= 0.3 is 0 Å². The molecule has 0 aliphatic heterocycles. The molecule has 3 aromatic heterocycles. The number of anilines is 1. The molecule has 286 valence electrons. The van der Waals surface area contributed by atoms with Crippen molar-refractivity contribution >= 4 is 70.3 Å². The minimum Gasteiger partial charge on any atom is -0.394 e. The molecule has 2 amide bonds. The number of aliphatic hydroxyl groups is 1. The van der Waals surface area contributed by atoms with Crippen LogP contribution in [0.1, 0.15) is 45.2 Å². The molecule has 0 radical (unpaired) electrons. The molecule has 0 aliphatic rings. The maximum Gasteiger partial charge on any atom is 0.251 e. The second kappa shape index (κ2) is 17.2. The first-order valence-corrected chi connectivity index (χ1v) is 21.5. The zero-order valence-electron chi connectivity index (χ0n) is 30.8. The van der Waals surface area contributed by atoms with Crippen LogP contribution in [0.25, 0.3) is 21.0 Å². The second-order valence-corrected chi connectivity index (χ2v) is 17.7. The highest BCUT2D eigenvalue weighted by Crippen LogP contribution is 2.36. The number of thiazole rings is 1. The molecule has 4 aromatic carbocycles. The molecule has 7 aromatic rings. The van der Waals surface area contributed by atoms with Gasteiger partial charge in [-0.1, -0.05) is 73.7 Å². The normalized spacial score (nSPS) is 13.9. The Kier molecular flexibility index (Phi) is 12.0. The lowest BCUT2D eigenvalue weighted by Crippen LogP contribution is -2.51. The van der Waals surface area contributed by atoms with Gasteiger partial charge in [0.25, 0.3) is 11.8 Å². The van der Waals surface area contributed by atoms with E-state index < -0.39 is 27.8 Å². The summed E-state index contributed by atoms with van der Waals surface area (Å²) in [5.41, 5.74) is 4.58. The fourth-order valence-electron chi connectivity index (χ4n) is 6.91. The molecular weight excluding hydrogens is 763 g/mol. The van der Waals surface area contributed by atoms with Crippen LogP contribution in [0.15, 0.2) is 138 Å². The number of thiophene rings is 1. The minimum atomic E-state index is -3.56. The Balaban J connectivity index is 1.13. The summed E-state index contributed by atoms with van der Waals surface area (Å²) in [7, 11) is -1.87. The third-order valence-corrected chi connectivity index (χ3v) is 13.9. The number of sulfone groups is 1. The number of likely N-dealkylation sites (N-methyl/N-ethyl adjacent to an activating group) is 1. The zero-order chi connectivity index (χ0) is 39.2. The van der Waals surface area contributed by atoms with E-state index in [1.807, 2.05) is 79.7 Å². The van der Waals surface area contributed by atoms with Crippen LogP contribution in [0.3, 0.4) is 0 Å². The van der Waals surface area contributed by atoms with Crippen molar-refractivity contribution < 1.29 is 23.1 Å². The molecule has 0 saturated heterocycles. The molecule has 0 bridgehead atoms. The molecule has 56 heavy (non-hydrogen) atoms. The number of fused-ring (bicyclic) bond motifs is 2. The Bertz CT molecular complexity index is 2560. The van der Waals surface area contributed by atoms with Crippen LogP contribution in [0.2, 0.25) is 0 Å². The third kappa shape index (κ3) is 8.57. The van der Waals surface area contributed by atoms with Gasteiger partial charge in [0.15, 0.2) is 9.84 Å². The maximum absolute atomic E-state index is 14.9. The van der Waals surface area contributed by atoms with E-state index >= 15 is 0 Å². The predicted octanol–water partition coefficient (Wildman–Crippen LogP) is 7.23. The van der Waals surface area contributed by atoms with Gasteiger partial charge in [0, 0.05) is 41.2 Å². The van der Waals surface area contributed by atoms with Gasteiger partial charge in [0.05, 0.1) is 44.0 Å². The molecule has 13 heteroatoms. The largest absolute Gasteiger partial charge is 0.394 e. The van der Waals surface area contributed by atoms with E-state index in [1.54, 1.807) is 72.3 Å². The molecule has 3 N–H and O–H groups in total. The highest BCUT2D eigenvalue weighted by molar-refractivity contribution is 7.91. The summed E-state index contributed by atoms with van der Waals surface area (Å²) in [5.74, 6) is -1.63. The van der Waals surface area contributed by atoms with Crippen molar-refractivity contribution in [3.8, 4) is 0 Å². The van der Waals surface area contributed by atoms with Gasteiger partial charge in [0.2, 0.25) is 0 Å². The van der Waals surface area contributed by atoms with Crippen LogP contribution in [-0.2, 0) is 14.6 Å². The molecule has 7 rings (SSSR count). The van der Waals surface area contributed by atoms with Gasteiger partial charge in [-0.2, -0.15) is 0 Å². The van der Waals surface area contributed by atoms with Crippen molar-refractivity contribution in [1.82, 2.24) is 20.6 Å². The molecule has 0 spiro atoms. The van der Waals surface area contributed by atoms with Crippen molar-refractivity contribution in [2.24, 2.45) is 5.92 Å². The topological polar surface area (TPSA) is 142 Å². The number of pyridine rings is 1. The summed E-state index contributed by atoms with van der Waals surface area (Å²) in [6.07, 6.45) is 3.52. The Morgan fingerprint density at radius 1 is 0.911 bits per heavy atom. The molecule has 0 fully saturated rings. The zero-order valence-corrected chi connectivity index (χ0v) is 33.2. The van der Waals surface area contributed by atoms with E-state index in [-0.39, 0.29) is 35.0 Å². The van der Waals surface area contributed by atoms with E-state index in [0.717, 1.165) is 37.0 Å². The van der Waals surface area contributed by atoms with E-state index in [0.29, 0.717) is 17.1 Å². The summed E-state index contributed by atoms with van der Waals surface area (Å²) in [5, 5.41) is 19.3. The number of aliphatic hydroxyl groups excluding tert-OH is 1. The quantitative estimate of drug-likeness (QED) is 0.0987. The average Bonchev–Trinajstić information content (AvgIpc) is 3.91. The summed E-state index contributed by atoms with van der Waals surface area (Å²) in [4.78, 5) is 40.0. The summed E-state index contributed by atoms with van der Waals surface area (Å²) >= 11 is 2.74. The number of amides is 2. The Morgan fingerprint density at radius 3 is 2.45 bits per heavy atom. The number of rotatable bonds is 15. The fraction of sp³-hybridized carbons (Fsp3) is 0.209. The van der Waals surface area contributed by atoms with Gasteiger partial charge in [0.1, 0.15) is 6.04 Å². The predicted molar refractivity (Wildman–Crippen MR) is 224 cm³/mol. The summed E-state index contributed by atoms with van der Waals surface area (Å²) in [6, 6.07) is 33.5. The number of hydrogen-bond donors (Lipinski definition) is 3. The number of aromatic nitrogens is 2. The van der Waals surface area contributed by atoms with Crippen LogP contribution >= 0.6 is 22.7 Å². The summed E-state index contributed by atoms with van der Waals surface area (Å²) < 4.78 is 27.4. The van der Waals surface area contributed by atoms with Crippen LogP contribution in [-0.4, -0.2) is 67.3 Å². The Hall–Kier alpha value is -5.31. The standard InChI is InChI=1S/C43H41N5O5S3/c1-28(26-56(52,53)32-16-17-35-38(22-32)54-27-46-35)23-45-36(25-49)37-18-19-39(55-37)48(2)43(51)41(47-42(50)31-12-7-4-8-13-31)40(30-10-5-3-6-11-30)33-15-9-14-29-20-21-44-24-34(29)33/h3-22,24,27-28,36,40-41,45,49H,23,25-26H2,1-2H3,(H,47,50). The molecule has 0 saturated carbocycles. The first-order valence-electron chi connectivity index (χ1n) is 18.1. The number of carbonyl (C=O) groups is 2. The van der Waals surface area contributed by atoms with E-state index in [4.69, 9.17) is 0 Å². The fourth-order valence-corrected chi connectivity index (χ4v) is 10.4. The van der Waals surface area contributed by atoms with Crippen molar-refractivity contribution in [2.45, 2.75) is 29.8 Å². The van der Waals surface area contributed by atoms with Gasteiger partial charge < -0.3 is 20.6 Å². The molecule has 10 nitrogen and oxygen atoms in total. The lowest BCUT2D eigenvalue weighted by Gasteiger charge is -2.31. The van der Waals surface area contributed by atoms with Crippen molar-refractivity contribution in [1.29, 1.82) is 0 Å². The van der Waals surface area contributed by atoms with Crippen LogP contribution in [0.4, 0.5) is 5.00 Å². The Labute approximate surface area is 333 Å². The van der Waals surface area contributed by atoms with Crippen LogP contribution < -0.4 is 15.5 Å². The molecule has 3 heterocycles. The van der Waals surface area contributed by atoms with Crippen molar-refractivity contribution in [2.75, 3.05) is 30.9 Å². The van der Waals surface area contributed by atoms with Crippen LogP contribution in [0.5, 0.6) is 0 Å². The summed E-state index contributed by atoms with van der Waals surface area (Å²) in [6.45, 7) is 1.96. The monoisotopic (exact) mass is 803 g/mol. The van der Waals surface area contributed by atoms with Crippen molar-refractivity contribution in [3.63, 3.8) is 0 Å². The lowest BCUT2D eigenvalue weighted by atomic mass is 9.82. The van der Waals surface area contributed by atoms with Gasteiger partial charge in [-0.05, 0) is 77.5 Å².